The molecule has 0 saturated carbocycles. The van der Waals surface area contributed by atoms with Gasteiger partial charge < -0.3 is 31.9 Å². The van der Waals surface area contributed by atoms with Crippen molar-refractivity contribution in [3.8, 4) is 0 Å². The molecule has 12 heteroatoms. The summed E-state index contributed by atoms with van der Waals surface area (Å²) in [4.78, 5) is 46.1. The summed E-state index contributed by atoms with van der Waals surface area (Å²) < 4.78 is 0. The minimum Gasteiger partial charge on any atom is -0.480 e. The van der Waals surface area contributed by atoms with Crippen molar-refractivity contribution in [1.82, 2.24) is 16.0 Å². The van der Waals surface area contributed by atoms with Crippen LogP contribution in [0.2, 0.25) is 0 Å². The quantitative estimate of drug-likeness (QED) is 0.173. The van der Waals surface area contributed by atoms with E-state index in [1.807, 2.05) is 6.26 Å². The van der Waals surface area contributed by atoms with Crippen LogP contribution in [0.1, 0.15) is 6.42 Å². The maximum absolute atomic E-state index is 11.9. The highest BCUT2D eigenvalue weighted by Gasteiger charge is 2.25. The molecule has 0 heterocycles. The van der Waals surface area contributed by atoms with Gasteiger partial charge in [0.05, 0.1) is 19.2 Å². The molecular weight excluding hydrogens is 372 g/mol. The van der Waals surface area contributed by atoms with Gasteiger partial charge in [-0.1, -0.05) is 0 Å². The lowest BCUT2D eigenvalue weighted by atomic mass is 10.2. The maximum Gasteiger partial charge on any atom is 0.328 e. The Morgan fingerprint density at radius 2 is 1.80 bits per heavy atom. The van der Waals surface area contributed by atoms with E-state index in [1.165, 1.54) is 0 Å². The number of amides is 3. The Hall–Kier alpha value is -1.50. The molecule has 0 rings (SSSR count). The smallest absolute Gasteiger partial charge is 0.328 e. The van der Waals surface area contributed by atoms with Gasteiger partial charge in [-0.25, -0.2) is 4.79 Å². The first-order valence-electron chi connectivity index (χ1n) is 7.33. The fraction of sp³-hybridized carbons (Fsp3) is 0.692. The van der Waals surface area contributed by atoms with Gasteiger partial charge in [0, 0.05) is 5.75 Å². The Morgan fingerprint density at radius 1 is 1.16 bits per heavy atom. The summed E-state index contributed by atoms with van der Waals surface area (Å²) in [6.45, 7) is -1.18. The number of hydrogen-bond donors (Lipinski definition) is 7. The van der Waals surface area contributed by atoms with E-state index in [0.717, 1.165) is 0 Å². The fourth-order valence-corrected chi connectivity index (χ4v) is 2.32. The molecule has 0 bridgehead atoms. The monoisotopic (exact) mass is 396 g/mol. The highest BCUT2D eigenvalue weighted by molar-refractivity contribution is 7.98. The zero-order valence-electron chi connectivity index (χ0n) is 13.7. The van der Waals surface area contributed by atoms with Crippen LogP contribution in [0.15, 0.2) is 0 Å². The number of carbonyl (C=O) groups is 4. The highest BCUT2D eigenvalue weighted by Crippen LogP contribution is 1.98. The van der Waals surface area contributed by atoms with E-state index < -0.39 is 48.4 Å². The van der Waals surface area contributed by atoms with Crippen LogP contribution < -0.4 is 21.7 Å². The van der Waals surface area contributed by atoms with E-state index >= 15 is 0 Å². The van der Waals surface area contributed by atoms with Crippen LogP contribution >= 0.6 is 24.4 Å². The van der Waals surface area contributed by atoms with Crippen molar-refractivity contribution in [3.63, 3.8) is 0 Å². The number of carboxylic acid groups (broad SMARTS) is 1. The molecule has 7 N–H and O–H groups in total. The summed E-state index contributed by atoms with van der Waals surface area (Å²) in [5, 5.41) is 24.4. The van der Waals surface area contributed by atoms with Crippen LogP contribution in [0, 0.1) is 0 Å². The average Bonchev–Trinajstić information content (AvgIpc) is 2.59. The molecule has 0 aliphatic heterocycles. The fourth-order valence-electron chi connectivity index (χ4n) is 1.57. The van der Waals surface area contributed by atoms with Crippen LogP contribution in [0.5, 0.6) is 0 Å². The normalized spacial score (nSPS) is 14.1. The van der Waals surface area contributed by atoms with Crippen molar-refractivity contribution in [3.05, 3.63) is 0 Å². The first kappa shape index (κ1) is 23.5. The standard InChI is InChI=1S/C13H24N4O6S2/c1-25-3-2-7(14)11(20)15-4-10(19)16-9(6-24)12(21)17-8(5-18)13(22)23/h7-9,18,24H,2-6,14H2,1H3,(H,15,20)(H,16,19)(H,17,21)(H,22,23). The molecule has 144 valence electrons. The van der Waals surface area contributed by atoms with Gasteiger partial charge in [-0.15, -0.1) is 0 Å². The molecule has 25 heavy (non-hydrogen) atoms. The molecule has 0 aliphatic rings. The molecule has 3 amide bonds. The molecule has 0 aromatic rings. The lowest BCUT2D eigenvalue weighted by Gasteiger charge is -2.19. The van der Waals surface area contributed by atoms with Crippen LogP contribution in [0.25, 0.3) is 0 Å². The van der Waals surface area contributed by atoms with E-state index in [4.69, 9.17) is 15.9 Å². The first-order chi connectivity index (χ1) is 11.8. The SMILES string of the molecule is CSCCC(N)C(=O)NCC(=O)NC(CS)C(=O)NC(CO)C(=O)O. The van der Waals surface area contributed by atoms with Crippen molar-refractivity contribution >= 4 is 48.1 Å². The third-order valence-electron chi connectivity index (χ3n) is 3.02. The molecule has 0 fully saturated rings. The van der Waals surface area contributed by atoms with Crippen LogP contribution in [0.4, 0.5) is 0 Å². The number of aliphatic carboxylic acids is 1. The Balaban J connectivity index is 4.42. The summed E-state index contributed by atoms with van der Waals surface area (Å²) in [5.74, 6) is -2.76. The maximum atomic E-state index is 11.9. The van der Waals surface area contributed by atoms with Gasteiger partial charge in [-0.2, -0.15) is 24.4 Å². The number of nitrogens with two attached hydrogens (primary N) is 1. The predicted molar refractivity (Wildman–Crippen MR) is 96.4 cm³/mol. The molecule has 0 spiro atoms. The van der Waals surface area contributed by atoms with Gasteiger partial charge in [0.15, 0.2) is 0 Å². The number of hydrogen-bond acceptors (Lipinski definition) is 8. The van der Waals surface area contributed by atoms with E-state index in [-0.39, 0.29) is 12.3 Å². The van der Waals surface area contributed by atoms with Crippen LogP contribution in [-0.2, 0) is 19.2 Å². The summed E-state index contributed by atoms with van der Waals surface area (Å²) in [6, 6.07) is -3.34. The Morgan fingerprint density at radius 3 is 2.28 bits per heavy atom. The Labute approximate surface area is 155 Å². The second kappa shape index (κ2) is 12.8. The molecule has 10 nitrogen and oxygen atoms in total. The average molecular weight is 396 g/mol. The minimum atomic E-state index is -1.49. The van der Waals surface area contributed by atoms with Crippen LogP contribution in [-0.4, -0.2) is 82.9 Å². The topological polar surface area (TPSA) is 171 Å². The largest absolute Gasteiger partial charge is 0.480 e. The van der Waals surface area contributed by atoms with Crippen molar-refractivity contribution in [1.29, 1.82) is 0 Å². The predicted octanol–water partition coefficient (Wildman–Crippen LogP) is -2.84. The highest BCUT2D eigenvalue weighted by atomic mass is 32.2. The number of aliphatic hydroxyl groups excluding tert-OH is 1. The van der Waals surface area contributed by atoms with E-state index in [1.54, 1.807) is 11.8 Å². The zero-order chi connectivity index (χ0) is 19.4. The first-order valence-corrected chi connectivity index (χ1v) is 9.35. The van der Waals surface area contributed by atoms with Crippen LogP contribution in [0.3, 0.4) is 0 Å². The summed E-state index contributed by atoms with van der Waals surface area (Å²) >= 11 is 5.46. The number of carboxylic acids is 1. The second-order valence-electron chi connectivity index (χ2n) is 4.99. The number of nitrogens with one attached hydrogen (secondary N) is 3. The van der Waals surface area contributed by atoms with Gasteiger partial charge >= 0.3 is 5.97 Å². The number of thioether (sulfide) groups is 1. The van der Waals surface area contributed by atoms with E-state index in [2.05, 4.69) is 28.6 Å². The summed E-state index contributed by atoms with van der Waals surface area (Å²) in [7, 11) is 0. The zero-order valence-corrected chi connectivity index (χ0v) is 15.4. The van der Waals surface area contributed by atoms with Crippen molar-refractivity contribution in [2.45, 2.75) is 24.5 Å². The van der Waals surface area contributed by atoms with Gasteiger partial charge in [-0.05, 0) is 18.4 Å². The molecule has 0 aromatic carbocycles. The molecular formula is C13H24N4O6S2. The summed E-state index contributed by atoms with van der Waals surface area (Å²) in [5.41, 5.74) is 5.65. The molecule has 0 aliphatic carbocycles. The molecule has 0 saturated heterocycles. The number of carbonyl (C=O) groups excluding carboxylic acids is 3. The molecule has 3 unspecified atom stereocenters. The lowest BCUT2D eigenvalue weighted by Crippen LogP contribution is -2.55. The number of thiol groups is 1. The van der Waals surface area contributed by atoms with Crippen molar-refractivity contribution < 1.29 is 29.4 Å². The van der Waals surface area contributed by atoms with Crippen molar-refractivity contribution in [2.24, 2.45) is 5.73 Å². The van der Waals surface area contributed by atoms with E-state index in [9.17, 15) is 19.2 Å². The third kappa shape index (κ3) is 9.53. The lowest BCUT2D eigenvalue weighted by molar-refractivity contribution is -0.143. The van der Waals surface area contributed by atoms with Crippen molar-refractivity contribution in [2.75, 3.05) is 30.9 Å². The van der Waals surface area contributed by atoms with E-state index in [0.29, 0.717) is 12.2 Å². The Bertz CT molecular complexity index is 479. The summed E-state index contributed by atoms with van der Waals surface area (Å²) in [6.07, 6.45) is 2.35. The van der Waals surface area contributed by atoms with Gasteiger partial charge in [0.2, 0.25) is 17.7 Å². The number of rotatable bonds is 12. The second-order valence-corrected chi connectivity index (χ2v) is 6.34. The van der Waals surface area contributed by atoms with Gasteiger partial charge in [0.1, 0.15) is 12.1 Å². The number of aliphatic hydroxyl groups is 1. The third-order valence-corrected chi connectivity index (χ3v) is 4.03. The molecule has 3 atom stereocenters. The molecule has 0 aromatic heterocycles. The Kier molecular flexibility index (Phi) is 12.0. The molecule has 0 radical (unpaired) electrons. The van der Waals surface area contributed by atoms with Gasteiger partial charge in [0.25, 0.3) is 0 Å². The minimum absolute atomic E-state index is 0.101. The van der Waals surface area contributed by atoms with Gasteiger partial charge in [-0.3, -0.25) is 14.4 Å².